The van der Waals surface area contributed by atoms with Crippen molar-refractivity contribution in [1.82, 2.24) is 15.0 Å². The molecule has 0 spiro atoms. The Balaban J connectivity index is 1.88. The van der Waals surface area contributed by atoms with Gasteiger partial charge in [0.25, 0.3) is 5.69 Å². The number of nitrogens with zero attached hydrogens (tertiary/aromatic N) is 4. The maximum atomic E-state index is 11.3. The van der Waals surface area contributed by atoms with Crippen LogP contribution in [0.2, 0.25) is 0 Å². The number of rotatable bonds is 5. The third kappa shape index (κ3) is 3.05. The highest BCUT2D eigenvalue weighted by atomic mass is 16.6. The zero-order valence-corrected chi connectivity index (χ0v) is 16.5. The van der Waals surface area contributed by atoms with Crippen molar-refractivity contribution in [2.75, 3.05) is 0 Å². The van der Waals surface area contributed by atoms with Crippen molar-refractivity contribution >= 4 is 16.7 Å². The van der Waals surface area contributed by atoms with Gasteiger partial charge in [-0.05, 0) is 22.8 Å². The van der Waals surface area contributed by atoms with E-state index >= 15 is 0 Å². The fraction of sp³-hybridized carbons (Fsp3) is 0.0400. The molecule has 6 nitrogen and oxygen atoms in total. The highest BCUT2D eigenvalue weighted by molar-refractivity contribution is 5.76. The second kappa shape index (κ2) is 7.50. The summed E-state index contributed by atoms with van der Waals surface area (Å²) in [6, 6.07) is 34.7. The lowest BCUT2D eigenvalue weighted by molar-refractivity contribution is -0.384. The molecule has 1 aromatic heterocycles. The Bertz CT molecular complexity index is 1250. The fourth-order valence-corrected chi connectivity index (χ4v) is 4.05. The zero-order chi connectivity index (χ0) is 21.3. The highest BCUT2D eigenvalue weighted by Gasteiger charge is 2.40. The van der Waals surface area contributed by atoms with Crippen LogP contribution in [0.15, 0.2) is 109 Å². The van der Waals surface area contributed by atoms with E-state index in [1.54, 1.807) is 10.9 Å². The van der Waals surface area contributed by atoms with E-state index in [-0.39, 0.29) is 5.69 Å². The lowest BCUT2D eigenvalue weighted by Gasteiger charge is -2.34. The van der Waals surface area contributed by atoms with Gasteiger partial charge in [0.2, 0.25) is 0 Å². The lowest BCUT2D eigenvalue weighted by Crippen LogP contribution is -2.39. The molecule has 0 bridgehead atoms. The van der Waals surface area contributed by atoms with Crippen LogP contribution < -0.4 is 0 Å². The summed E-state index contributed by atoms with van der Waals surface area (Å²) in [5.41, 5.74) is 3.17. The summed E-state index contributed by atoms with van der Waals surface area (Å²) < 4.78 is 0. The highest BCUT2D eigenvalue weighted by Crippen LogP contribution is 2.40. The van der Waals surface area contributed by atoms with Crippen LogP contribution in [0, 0.1) is 10.1 Å². The Hall–Kier alpha value is -4.32. The minimum absolute atomic E-state index is 0.00992. The number of nitro groups is 1. The van der Waals surface area contributed by atoms with E-state index in [1.165, 1.54) is 12.1 Å². The molecule has 31 heavy (non-hydrogen) atoms. The fourth-order valence-electron chi connectivity index (χ4n) is 4.05. The van der Waals surface area contributed by atoms with E-state index < -0.39 is 10.5 Å². The number of non-ortho nitro benzene ring substituents is 1. The topological polar surface area (TPSA) is 73.8 Å². The number of fused-ring (bicyclic) bond motifs is 1. The minimum atomic E-state index is -0.850. The van der Waals surface area contributed by atoms with Gasteiger partial charge < -0.3 is 0 Å². The third-order valence-corrected chi connectivity index (χ3v) is 5.45. The second-order valence-electron chi connectivity index (χ2n) is 7.23. The van der Waals surface area contributed by atoms with Crippen LogP contribution in [0.5, 0.6) is 0 Å². The van der Waals surface area contributed by atoms with Crippen molar-refractivity contribution in [1.29, 1.82) is 0 Å². The van der Waals surface area contributed by atoms with E-state index in [2.05, 4.69) is 36.4 Å². The Morgan fingerprint density at radius 1 is 0.645 bits per heavy atom. The molecule has 5 aromatic rings. The summed E-state index contributed by atoms with van der Waals surface area (Å²) in [5.74, 6) is 0. The summed E-state index contributed by atoms with van der Waals surface area (Å²) in [6.07, 6.45) is 0. The van der Waals surface area contributed by atoms with Gasteiger partial charge in [-0.25, -0.2) is 0 Å². The van der Waals surface area contributed by atoms with Gasteiger partial charge in [-0.2, -0.15) is 15.0 Å². The largest absolute Gasteiger partial charge is 0.271 e. The first-order valence-corrected chi connectivity index (χ1v) is 9.88. The van der Waals surface area contributed by atoms with Gasteiger partial charge in [0.1, 0.15) is 11.0 Å². The van der Waals surface area contributed by atoms with Crippen molar-refractivity contribution in [3.8, 4) is 0 Å². The molecule has 4 aromatic carbocycles. The molecule has 1 heterocycles. The average molecular weight is 406 g/mol. The van der Waals surface area contributed by atoms with Gasteiger partial charge in [-0.1, -0.05) is 91.0 Å². The maximum absolute atomic E-state index is 11.3. The lowest BCUT2D eigenvalue weighted by atomic mass is 9.77. The summed E-state index contributed by atoms with van der Waals surface area (Å²) in [4.78, 5) is 12.5. The molecular weight excluding hydrogens is 388 g/mol. The van der Waals surface area contributed by atoms with Crippen LogP contribution in [0.1, 0.15) is 16.7 Å². The van der Waals surface area contributed by atoms with Crippen LogP contribution in [0.25, 0.3) is 11.0 Å². The van der Waals surface area contributed by atoms with Gasteiger partial charge in [0.05, 0.1) is 4.92 Å². The minimum Gasteiger partial charge on any atom is -0.258 e. The first-order chi connectivity index (χ1) is 15.2. The van der Waals surface area contributed by atoms with Crippen LogP contribution in [-0.4, -0.2) is 19.9 Å². The predicted molar refractivity (Wildman–Crippen MR) is 119 cm³/mol. The smallest absolute Gasteiger partial charge is 0.258 e. The van der Waals surface area contributed by atoms with Crippen molar-refractivity contribution in [3.05, 3.63) is 136 Å². The monoisotopic (exact) mass is 406 g/mol. The quantitative estimate of drug-likeness (QED) is 0.229. The molecule has 6 heteroatoms. The summed E-state index contributed by atoms with van der Waals surface area (Å²) in [6.45, 7) is 0. The van der Waals surface area contributed by atoms with Crippen molar-refractivity contribution in [2.24, 2.45) is 0 Å². The second-order valence-corrected chi connectivity index (χ2v) is 7.23. The average Bonchev–Trinajstić information content (AvgIpc) is 3.25. The third-order valence-electron chi connectivity index (χ3n) is 5.45. The van der Waals surface area contributed by atoms with E-state index in [9.17, 15) is 10.1 Å². The predicted octanol–water partition coefficient (Wildman–Crippen LogP) is 5.18. The Morgan fingerprint density at radius 3 is 1.55 bits per heavy atom. The summed E-state index contributed by atoms with van der Waals surface area (Å²) >= 11 is 0. The molecule has 0 aliphatic carbocycles. The van der Waals surface area contributed by atoms with Gasteiger partial charge in [0.15, 0.2) is 5.54 Å². The van der Waals surface area contributed by atoms with E-state index in [0.717, 1.165) is 16.7 Å². The zero-order valence-electron chi connectivity index (χ0n) is 16.5. The molecule has 0 aliphatic rings. The molecular formula is C25H18N4O2. The van der Waals surface area contributed by atoms with Crippen LogP contribution in [0.3, 0.4) is 0 Å². The number of hydrogen-bond acceptors (Lipinski definition) is 4. The first kappa shape index (κ1) is 18.7. The summed E-state index contributed by atoms with van der Waals surface area (Å²) in [5, 5.41) is 20.8. The van der Waals surface area contributed by atoms with Crippen LogP contribution in [-0.2, 0) is 5.54 Å². The molecule has 0 amide bonds. The van der Waals surface area contributed by atoms with Crippen molar-refractivity contribution < 1.29 is 4.92 Å². The number of nitro benzene ring substituents is 1. The molecule has 0 atom stereocenters. The normalized spacial score (nSPS) is 11.5. The Morgan fingerprint density at radius 2 is 1.10 bits per heavy atom. The maximum Gasteiger partial charge on any atom is 0.271 e. The summed E-state index contributed by atoms with van der Waals surface area (Å²) in [7, 11) is 0. The van der Waals surface area contributed by atoms with Crippen LogP contribution >= 0.6 is 0 Å². The van der Waals surface area contributed by atoms with E-state index in [4.69, 9.17) is 10.2 Å². The van der Waals surface area contributed by atoms with Gasteiger partial charge in [-0.15, -0.1) is 0 Å². The number of aromatic nitrogens is 3. The van der Waals surface area contributed by atoms with Crippen molar-refractivity contribution in [2.45, 2.75) is 5.54 Å². The van der Waals surface area contributed by atoms with E-state index in [1.807, 2.05) is 54.6 Å². The van der Waals surface area contributed by atoms with Gasteiger partial charge in [-0.3, -0.25) is 10.1 Å². The standard InChI is InChI=1S/C25H18N4O2/c30-28(31)22-16-17-23-24(18-22)27-29(26-23)25(19-10-4-1-5-11-19,20-12-6-2-7-13-20)21-14-8-3-9-15-21/h1-18H. The molecule has 0 fully saturated rings. The number of hydrogen-bond donors (Lipinski definition) is 0. The molecule has 0 saturated heterocycles. The van der Waals surface area contributed by atoms with E-state index in [0.29, 0.717) is 11.0 Å². The van der Waals surface area contributed by atoms with Gasteiger partial charge >= 0.3 is 0 Å². The molecule has 0 aliphatic heterocycles. The SMILES string of the molecule is O=[N+]([O-])c1ccc2nn(C(c3ccccc3)(c3ccccc3)c3ccccc3)nc2c1. The molecule has 5 rings (SSSR count). The van der Waals surface area contributed by atoms with Crippen molar-refractivity contribution in [3.63, 3.8) is 0 Å². The molecule has 0 radical (unpaired) electrons. The Labute approximate surface area is 178 Å². The molecule has 150 valence electrons. The number of benzene rings is 4. The molecule has 0 N–H and O–H groups in total. The van der Waals surface area contributed by atoms with Gasteiger partial charge in [0, 0.05) is 12.1 Å². The first-order valence-electron chi connectivity index (χ1n) is 9.88. The Kier molecular flexibility index (Phi) is 4.52. The molecule has 0 saturated carbocycles. The molecule has 0 unspecified atom stereocenters. The van der Waals surface area contributed by atoms with Crippen LogP contribution in [0.4, 0.5) is 5.69 Å².